The molecule has 2 aromatic carbocycles. The van der Waals surface area contributed by atoms with E-state index in [0.29, 0.717) is 22.0 Å². The highest BCUT2D eigenvalue weighted by molar-refractivity contribution is 6.30. The van der Waals surface area contributed by atoms with Gasteiger partial charge in [-0.1, -0.05) is 17.7 Å². The number of nitrogens with zero attached hydrogens (tertiary/aromatic N) is 3. The lowest BCUT2D eigenvalue weighted by atomic mass is 10.2. The molecule has 0 saturated carbocycles. The zero-order chi connectivity index (χ0) is 19.2. The molecule has 0 aliphatic carbocycles. The van der Waals surface area contributed by atoms with Crippen molar-refractivity contribution in [2.75, 3.05) is 17.7 Å². The molecule has 0 saturated heterocycles. The van der Waals surface area contributed by atoms with Gasteiger partial charge in [-0.25, -0.2) is 9.67 Å². The number of anilines is 2. The lowest BCUT2D eigenvalue weighted by molar-refractivity contribution is -0.116. The van der Waals surface area contributed by atoms with Crippen LogP contribution in [0.1, 0.15) is 10.4 Å². The van der Waals surface area contributed by atoms with E-state index in [9.17, 15) is 9.59 Å². The summed E-state index contributed by atoms with van der Waals surface area (Å²) in [7, 11) is 1.55. The third kappa shape index (κ3) is 5.05. The molecule has 0 spiro atoms. The number of hydrogen-bond acceptors (Lipinski definition) is 5. The third-order valence-corrected chi connectivity index (χ3v) is 3.78. The number of ether oxygens (including phenoxy) is 1. The lowest BCUT2D eigenvalue weighted by Gasteiger charge is -2.06. The Balaban J connectivity index is 1.57. The largest absolute Gasteiger partial charge is 0.497 e. The normalized spacial score (nSPS) is 10.3. The SMILES string of the molecule is COc1cccc(NC(=O)Cn2cnc(NC(=O)c3ccc(Cl)cc3)n2)c1. The molecule has 9 heteroatoms. The van der Waals surface area contributed by atoms with Crippen LogP contribution < -0.4 is 15.4 Å². The summed E-state index contributed by atoms with van der Waals surface area (Å²) < 4.78 is 6.44. The van der Waals surface area contributed by atoms with Gasteiger partial charge in [0.25, 0.3) is 5.91 Å². The number of benzene rings is 2. The average molecular weight is 386 g/mol. The Morgan fingerprint density at radius 3 is 2.67 bits per heavy atom. The molecule has 3 rings (SSSR count). The first-order valence-corrected chi connectivity index (χ1v) is 8.31. The van der Waals surface area contributed by atoms with E-state index in [4.69, 9.17) is 16.3 Å². The molecular formula is C18H16ClN5O3. The Morgan fingerprint density at radius 1 is 1.15 bits per heavy atom. The standard InChI is InChI=1S/C18H16ClN5O3/c1-27-15-4-2-3-14(9-15)21-16(25)10-24-11-20-18(23-24)22-17(26)12-5-7-13(19)8-6-12/h2-9,11H,10H2,1H3,(H,21,25)(H,22,23,26). The fourth-order valence-corrected chi connectivity index (χ4v) is 2.38. The zero-order valence-corrected chi connectivity index (χ0v) is 15.1. The minimum absolute atomic E-state index is 0.0545. The van der Waals surface area contributed by atoms with Crippen molar-refractivity contribution in [2.45, 2.75) is 6.54 Å². The van der Waals surface area contributed by atoms with Crippen LogP contribution in [0.15, 0.2) is 54.9 Å². The molecule has 0 fully saturated rings. The van der Waals surface area contributed by atoms with Gasteiger partial charge in [-0.2, -0.15) is 0 Å². The predicted molar refractivity (Wildman–Crippen MR) is 101 cm³/mol. The summed E-state index contributed by atoms with van der Waals surface area (Å²) >= 11 is 5.80. The second-order valence-electron chi connectivity index (χ2n) is 5.51. The molecule has 3 aromatic rings. The van der Waals surface area contributed by atoms with E-state index in [1.165, 1.54) is 11.0 Å². The number of nitrogens with one attached hydrogen (secondary N) is 2. The number of amides is 2. The Bertz CT molecular complexity index is 956. The second-order valence-corrected chi connectivity index (χ2v) is 5.94. The minimum atomic E-state index is -0.370. The number of halogens is 1. The number of hydrogen-bond donors (Lipinski definition) is 2. The maximum Gasteiger partial charge on any atom is 0.258 e. The lowest BCUT2D eigenvalue weighted by Crippen LogP contribution is -2.19. The van der Waals surface area contributed by atoms with Gasteiger partial charge in [-0.15, -0.1) is 5.10 Å². The quantitative estimate of drug-likeness (QED) is 0.679. The summed E-state index contributed by atoms with van der Waals surface area (Å²) in [6.45, 7) is -0.0545. The van der Waals surface area contributed by atoms with Gasteiger partial charge in [0.05, 0.1) is 7.11 Å². The number of carbonyl (C=O) groups excluding carboxylic acids is 2. The first kappa shape index (κ1) is 18.4. The highest BCUT2D eigenvalue weighted by Gasteiger charge is 2.11. The Morgan fingerprint density at radius 2 is 1.93 bits per heavy atom. The van der Waals surface area contributed by atoms with Crippen molar-refractivity contribution >= 4 is 35.1 Å². The highest BCUT2D eigenvalue weighted by atomic mass is 35.5. The number of rotatable bonds is 6. The second kappa shape index (κ2) is 8.33. The van der Waals surface area contributed by atoms with Crippen molar-refractivity contribution in [3.05, 3.63) is 65.4 Å². The van der Waals surface area contributed by atoms with E-state index in [0.717, 1.165) is 0 Å². The number of carbonyl (C=O) groups is 2. The molecule has 27 heavy (non-hydrogen) atoms. The van der Waals surface area contributed by atoms with E-state index in [1.807, 2.05) is 0 Å². The Hall–Kier alpha value is -3.39. The molecule has 138 valence electrons. The van der Waals surface area contributed by atoms with Crippen LogP contribution in [0.3, 0.4) is 0 Å². The van der Waals surface area contributed by atoms with Crippen LogP contribution in [0.25, 0.3) is 0 Å². The third-order valence-electron chi connectivity index (χ3n) is 3.53. The molecular weight excluding hydrogens is 370 g/mol. The van der Waals surface area contributed by atoms with Crippen LogP contribution in [0.5, 0.6) is 5.75 Å². The summed E-state index contributed by atoms with van der Waals surface area (Å²) in [6.07, 6.45) is 1.36. The van der Waals surface area contributed by atoms with Gasteiger partial charge in [0.15, 0.2) is 0 Å². The van der Waals surface area contributed by atoms with Crippen LogP contribution in [0.4, 0.5) is 11.6 Å². The van der Waals surface area contributed by atoms with E-state index in [-0.39, 0.29) is 24.3 Å². The van der Waals surface area contributed by atoms with Crippen LogP contribution >= 0.6 is 11.6 Å². The first-order valence-electron chi connectivity index (χ1n) is 7.94. The Kier molecular flexibility index (Phi) is 5.68. The average Bonchev–Trinajstić information content (AvgIpc) is 3.08. The molecule has 0 atom stereocenters. The van der Waals surface area contributed by atoms with Crippen LogP contribution in [0.2, 0.25) is 5.02 Å². The van der Waals surface area contributed by atoms with Crippen molar-refractivity contribution in [1.82, 2.24) is 14.8 Å². The van der Waals surface area contributed by atoms with Crippen LogP contribution in [-0.2, 0) is 11.3 Å². The van der Waals surface area contributed by atoms with Crippen molar-refractivity contribution in [3.63, 3.8) is 0 Å². The van der Waals surface area contributed by atoms with Gasteiger partial charge >= 0.3 is 0 Å². The summed E-state index contributed by atoms with van der Waals surface area (Å²) in [5.74, 6) is 0.0823. The number of methoxy groups -OCH3 is 1. The Labute approximate surface area is 160 Å². The maximum absolute atomic E-state index is 12.1. The predicted octanol–water partition coefficient (Wildman–Crippen LogP) is 2.83. The minimum Gasteiger partial charge on any atom is -0.497 e. The van der Waals surface area contributed by atoms with Crippen molar-refractivity contribution in [3.8, 4) is 5.75 Å². The van der Waals surface area contributed by atoms with Gasteiger partial charge in [0, 0.05) is 22.3 Å². The molecule has 1 heterocycles. The maximum atomic E-state index is 12.1. The van der Waals surface area contributed by atoms with E-state index in [1.54, 1.807) is 55.6 Å². The molecule has 8 nitrogen and oxygen atoms in total. The first-order chi connectivity index (χ1) is 13.0. The molecule has 0 aliphatic heterocycles. The fourth-order valence-electron chi connectivity index (χ4n) is 2.25. The van der Waals surface area contributed by atoms with Crippen molar-refractivity contribution in [2.24, 2.45) is 0 Å². The monoisotopic (exact) mass is 385 g/mol. The smallest absolute Gasteiger partial charge is 0.258 e. The number of aromatic nitrogens is 3. The van der Waals surface area contributed by atoms with E-state index >= 15 is 0 Å². The van der Waals surface area contributed by atoms with Crippen LogP contribution in [-0.4, -0.2) is 33.7 Å². The molecule has 0 bridgehead atoms. The van der Waals surface area contributed by atoms with Gasteiger partial charge in [-0.3, -0.25) is 14.9 Å². The zero-order valence-electron chi connectivity index (χ0n) is 14.3. The molecule has 2 N–H and O–H groups in total. The summed E-state index contributed by atoms with van der Waals surface area (Å²) in [4.78, 5) is 28.2. The van der Waals surface area contributed by atoms with E-state index < -0.39 is 0 Å². The van der Waals surface area contributed by atoms with Gasteiger partial charge in [0.2, 0.25) is 11.9 Å². The summed E-state index contributed by atoms with van der Waals surface area (Å²) in [6, 6.07) is 13.4. The van der Waals surface area contributed by atoms with E-state index in [2.05, 4.69) is 20.7 Å². The summed E-state index contributed by atoms with van der Waals surface area (Å²) in [5.41, 5.74) is 1.03. The molecule has 0 aliphatic rings. The molecule has 0 radical (unpaired) electrons. The van der Waals surface area contributed by atoms with Crippen molar-refractivity contribution in [1.29, 1.82) is 0 Å². The molecule has 1 aromatic heterocycles. The topological polar surface area (TPSA) is 98.1 Å². The molecule has 0 unspecified atom stereocenters. The van der Waals surface area contributed by atoms with Gasteiger partial charge < -0.3 is 10.1 Å². The van der Waals surface area contributed by atoms with Gasteiger partial charge in [-0.05, 0) is 36.4 Å². The highest BCUT2D eigenvalue weighted by Crippen LogP contribution is 2.16. The van der Waals surface area contributed by atoms with Crippen LogP contribution in [0, 0.1) is 0 Å². The fraction of sp³-hybridized carbons (Fsp3) is 0.111. The van der Waals surface area contributed by atoms with Crippen molar-refractivity contribution < 1.29 is 14.3 Å². The molecule has 2 amide bonds. The summed E-state index contributed by atoms with van der Waals surface area (Å²) in [5, 5.41) is 9.91. The van der Waals surface area contributed by atoms with Gasteiger partial charge in [0.1, 0.15) is 18.6 Å².